The van der Waals surface area contributed by atoms with E-state index in [0.717, 1.165) is 127 Å². The number of esters is 1. The van der Waals surface area contributed by atoms with E-state index in [1.165, 1.54) is 41.7 Å². The number of phenols is 1. The van der Waals surface area contributed by atoms with E-state index in [2.05, 4.69) is 25.9 Å². The Labute approximate surface area is 671 Å². The minimum atomic E-state index is -0.972. The van der Waals surface area contributed by atoms with Gasteiger partial charge in [0.15, 0.2) is 0 Å². The van der Waals surface area contributed by atoms with Gasteiger partial charge in [0.2, 0.25) is 29.5 Å². The largest absolute Gasteiger partial charge is 0.507 e. The van der Waals surface area contributed by atoms with Gasteiger partial charge in [0.25, 0.3) is 34.7 Å². The van der Waals surface area contributed by atoms with E-state index in [1.807, 2.05) is 24.3 Å². The van der Waals surface area contributed by atoms with Crippen molar-refractivity contribution in [3.63, 3.8) is 0 Å². The van der Waals surface area contributed by atoms with Crippen LogP contribution in [0.2, 0.25) is 0 Å². The quantitative estimate of drug-likeness (QED) is 0.0142. The Hall–Kier alpha value is -11.8. The molecule has 6 N–H and O–H groups in total. The molecule has 12 rings (SSSR count). The van der Waals surface area contributed by atoms with Crippen LogP contribution < -0.4 is 47.0 Å². The minimum Gasteiger partial charge on any atom is -0.507 e. The smallest absolute Gasteiger partial charge is 0.332 e. The molecule has 29 nitrogen and oxygen atoms in total. The zero-order valence-corrected chi connectivity index (χ0v) is 67.0. The maximum atomic E-state index is 13.3. The lowest BCUT2D eigenvalue weighted by molar-refractivity contribution is -0.160. The summed E-state index contributed by atoms with van der Waals surface area (Å²) >= 11 is 0. The lowest BCUT2D eigenvalue weighted by atomic mass is 9.97. The maximum absolute atomic E-state index is 13.3. The molecule has 116 heavy (non-hydrogen) atoms. The van der Waals surface area contributed by atoms with Crippen LogP contribution >= 0.6 is 0 Å². The molecule has 9 amide bonds. The molecule has 8 heterocycles. The van der Waals surface area contributed by atoms with Gasteiger partial charge >= 0.3 is 5.97 Å². The van der Waals surface area contributed by atoms with Crippen molar-refractivity contribution in [3.05, 3.63) is 175 Å². The molecule has 0 bridgehead atoms. The first kappa shape index (κ1) is 86.6. The van der Waals surface area contributed by atoms with Gasteiger partial charge < -0.3 is 53.7 Å². The number of phenolic OH excluding ortho intramolecular Hbond substituents is 1. The second kappa shape index (κ2) is 40.5. The predicted molar refractivity (Wildman–Crippen MR) is 432 cm³/mol. The van der Waals surface area contributed by atoms with Gasteiger partial charge in [-0.25, -0.2) is 4.79 Å². The summed E-state index contributed by atoms with van der Waals surface area (Å²) in [6, 6.07) is 19.3. The summed E-state index contributed by atoms with van der Waals surface area (Å²) < 4.78 is 36.2. The number of aryl methyl sites for hydroxylation is 4. The number of aromatic hydroxyl groups is 1. The number of pyridine rings is 4. The van der Waals surface area contributed by atoms with Gasteiger partial charge in [0, 0.05) is 81.8 Å². The number of benzene rings is 4. The number of fused-ring (bicyclic) bond motifs is 4. The van der Waals surface area contributed by atoms with Gasteiger partial charge in [-0.1, -0.05) is 88.5 Å². The van der Waals surface area contributed by atoms with Crippen LogP contribution in [-0.2, 0) is 83.1 Å². The van der Waals surface area contributed by atoms with Crippen LogP contribution in [0.4, 0.5) is 0 Å². The van der Waals surface area contributed by atoms with Gasteiger partial charge in [-0.3, -0.25) is 83.1 Å². The molecule has 0 spiro atoms. The van der Waals surface area contributed by atoms with Crippen LogP contribution in [0, 0.1) is 0 Å². The van der Waals surface area contributed by atoms with Crippen molar-refractivity contribution in [2.24, 2.45) is 19.8 Å². The Morgan fingerprint density at radius 3 is 1.40 bits per heavy atom. The number of imide groups is 4. The van der Waals surface area contributed by atoms with Crippen molar-refractivity contribution in [2.75, 3.05) is 47.6 Å². The third-order valence-corrected chi connectivity index (χ3v) is 20.7. The molecule has 0 saturated carbocycles. The molecule has 4 aliphatic rings. The molecular formula is C87H102N10O19. The van der Waals surface area contributed by atoms with Crippen molar-refractivity contribution in [2.45, 2.75) is 180 Å². The van der Waals surface area contributed by atoms with E-state index in [0.29, 0.717) is 85.3 Å². The molecule has 4 aliphatic heterocycles. The van der Waals surface area contributed by atoms with Crippen LogP contribution in [0.3, 0.4) is 0 Å². The average molecular weight is 1590 g/mol. The molecule has 2 fully saturated rings. The number of hydrogen-bond acceptors (Lipinski definition) is 22. The Bertz CT molecular complexity index is 5120. The van der Waals surface area contributed by atoms with E-state index >= 15 is 0 Å². The maximum Gasteiger partial charge on any atom is 0.332 e. The topological polar surface area (TPSA) is 385 Å². The van der Waals surface area contributed by atoms with Gasteiger partial charge in [-0.05, 0) is 160 Å². The first-order valence-corrected chi connectivity index (χ1v) is 39.3. The number of nitrogens with one attached hydrogen (secondary N) is 3. The van der Waals surface area contributed by atoms with Crippen LogP contribution in [0.15, 0.2) is 120 Å². The number of unbranched alkanes of at least 4 members (excludes halogenated alkanes) is 12. The molecular weight excluding hydrogens is 1490 g/mol. The van der Waals surface area contributed by atoms with E-state index in [-0.39, 0.29) is 80.8 Å². The van der Waals surface area contributed by atoms with Crippen LogP contribution in [0.1, 0.15) is 200 Å². The van der Waals surface area contributed by atoms with Crippen molar-refractivity contribution >= 4 is 80.7 Å². The second-order valence-corrected chi connectivity index (χ2v) is 30.0. The zero-order chi connectivity index (χ0) is 83.3. The summed E-state index contributed by atoms with van der Waals surface area (Å²) in [4.78, 5) is 159. The Morgan fingerprint density at radius 2 is 0.948 bits per heavy atom. The second-order valence-electron chi connectivity index (χ2n) is 30.0. The summed E-state index contributed by atoms with van der Waals surface area (Å²) in [5.74, 6) is -3.06. The fraction of sp³-hybridized carbons (Fsp3) is 0.425. The molecule has 8 aromatic rings. The highest BCUT2D eigenvalue weighted by Crippen LogP contribution is 2.40. The number of ether oxygens (including phenoxy) is 6. The van der Waals surface area contributed by atoms with Gasteiger partial charge in [-0.15, -0.1) is 0 Å². The number of piperidine rings is 2. The zero-order valence-electron chi connectivity index (χ0n) is 67.0. The number of amides is 9. The van der Waals surface area contributed by atoms with Gasteiger partial charge in [0.1, 0.15) is 53.9 Å². The highest BCUT2D eigenvalue weighted by atomic mass is 16.6. The predicted octanol–water partition coefficient (Wildman–Crippen LogP) is 10.1. The third kappa shape index (κ3) is 21.2. The van der Waals surface area contributed by atoms with E-state index in [1.54, 1.807) is 129 Å². The molecule has 2 atom stereocenters. The normalized spacial score (nSPS) is 15.2. The van der Waals surface area contributed by atoms with Crippen LogP contribution in [0.5, 0.6) is 23.0 Å². The molecule has 29 heteroatoms. The summed E-state index contributed by atoms with van der Waals surface area (Å²) in [6.45, 7) is 6.32. The molecule has 2 unspecified atom stereocenters. The SMILES string of the molecule is COc1cc(-c2cn(C)c(=O)c3cnccc23)cc(O)c1COCC(=O)OC(C)(C)C.COc1cc(-c2cn(C)c(=O)c3cnccc23)cc(OC)c1COCC(=O)NCCCCCCCCCc1cccc2c1C(=O)N(C1CCC(=O)NC1=O)C2=O.NCCCCCCCCCc1cccc2c1C(=O)N(C1CCC(=O)NC1=O)C2=O. The first-order chi connectivity index (χ1) is 55.8. The number of nitrogens with zero attached hydrogens (tertiary/aromatic N) is 6. The average Bonchev–Trinajstić information content (AvgIpc) is 1.53. The number of rotatable bonds is 34. The van der Waals surface area contributed by atoms with Crippen molar-refractivity contribution in [1.82, 2.24) is 44.9 Å². The molecule has 4 aromatic carbocycles. The van der Waals surface area contributed by atoms with Crippen molar-refractivity contribution < 1.29 is 81.5 Å². The van der Waals surface area contributed by atoms with Gasteiger partial charge in [-0.2, -0.15) is 0 Å². The number of hydrogen-bond donors (Lipinski definition) is 5. The summed E-state index contributed by atoms with van der Waals surface area (Å²) in [6.07, 6.45) is 26.3. The fourth-order valence-electron chi connectivity index (χ4n) is 14.9. The fourth-order valence-corrected chi connectivity index (χ4v) is 14.9. The number of carbonyl (C=O) groups excluding carboxylic acids is 10. The summed E-state index contributed by atoms with van der Waals surface area (Å²) in [7, 11) is 7.96. The van der Waals surface area contributed by atoms with Crippen molar-refractivity contribution in [1.29, 1.82) is 0 Å². The lowest BCUT2D eigenvalue weighted by Crippen LogP contribution is -2.54. The number of nitrogens with two attached hydrogens (primary N) is 1. The minimum absolute atomic E-state index is 0.0352. The van der Waals surface area contributed by atoms with Crippen LogP contribution in [-0.4, -0.2) is 158 Å². The highest BCUT2D eigenvalue weighted by molar-refractivity contribution is 6.25. The van der Waals surface area contributed by atoms with E-state index in [4.69, 9.17) is 34.2 Å². The molecule has 4 aromatic heterocycles. The highest BCUT2D eigenvalue weighted by Gasteiger charge is 2.47. The van der Waals surface area contributed by atoms with Crippen LogP contribution in [0.25, 0.3) is 43.8 Å². The monoisotopic (exact) mass is 1590 g/mol. The standard InChI is InChI=1S/C42H47N5O9.C23H26N2O6.C22H29N3O4/c1-46-23-31(28-17-19-43-22-30(28)40(46)51)27-20-34(54-2)32(35(21-27)55-3)24-56-25-37(49)44-18-10-8-6-4-5-7-9-12-26-13-11-14-29-38(26)42(53)47(41(29)52)33-15-16-36(48)45-39(33)50;1-23(2,3)31-21(27)13-30-12-18-19(26)8-14(9-20(18)29-5)17-11-25(4)22(28)16-10-24-7-6-15(16)17;23-14-7-5-3-1-2-4-6-9-15-10-8-11-16-19(15)22(29)25(21(16)28)17-12-13-18(26)24-20(17)27/h11,13-14,17,19-23,33H,4-10,12,15-16,18,24-25H2,1-3H3,(H,44,49)(H,45,48,50);6-11,26H,12-13H2,1-5H3;8,10-11,17H,1-7,9,12-14,23H2,(H,24,26,27). The lowest BCUT2D eigenvalue weighted by Gasteiger charge is -2.27. The Balaban J connectivity index is 0.000000200. The number of carbonyl (C=O) groups is 10. The van der Waals surface area contributed by atoms with E-state index in [9.17, 15) is 62.6 Å². The third-order valence-electron chi connectivity index (χ3n) is 20.7. The Kier molecular flexibility index (Phi) is 30.2. The summed E-state index contributed by atoms with van der Waals surface area (Å²) in [5.41, 5.74) is 11.8. The van der Waals surface area contributed by atoms with Crippen molar-refractivity contribution in [3.8, 4) is 45.3 Å². The number of aromatic nitrogens is 4. The van der Waals surface area contributed by atoms with E-state index < -0.39 is 65.0 Å². The molecule has 0 radical (unpaired) electrons. The molecule has 0 aliphatic carbocycles. The first-order valence-electron chi connectivity index (χ1n) is 39.3. The Morgan fingerprint density at radius 1 is 0.526 bits per heavy atom. The molecule has 2 saturated heterocycles. The summed E-state index contributed by atoms with van der Waals surface area (Å²) in [5, 5.41) is 20.5. The molecule has 614 valence electrons. The number of methoxy groups -OCH3 is 3. The van der Waals surface area contributed by atoms with Gasteiger partial charge in [0.05, 0.1) is 78.7 Å².